The Labute approximate surface area is 110 Å². The van der Waals surface area contributed by atoms with Crippen LogP contribution in [-0.2, 0) is 15.9 Å². The summed E-state index contributed by atoms with van der Waals surface area (Å²) in [6.07, 6.45) is 0. The number of hydrogen-bond acceptors (Lipinski definition) is 2. The van der Waals surface area contributed by atoms with Gasteiger partial charge in [-0.25, -0.2) is 17.2 Å². The fourth-order valence-corrected chi connectivity index (χ4v) is 2.96. The Hall–Kier alpha value is -0.720. The van der Waals surface area contributed by atoms with E-state index in [2.05, 4.69) is 0 Å². The molecule has 1 aromatic rings. The SMILES string of the molecule is CC(C)N(C)S(=O)(=O)c1cc(CCl)cc(F)c1F. The summed E-state index contributed by atoms with van der Waals surface area (Å²) in [4.78, 5) is -0.686. The Balaban J connectivity index is 3.45. The molecule has 3 nitrogen and oxygen atoms in total. The molecule has 0 heterocycles. The summed E-state index contributed by atoms with van der Waals surface area (Å²) in [6.45, 7) is 3.27. The van der Waals surface area contributed by atoms with Crippen molar-refractivity contribution in [3.63, 3.8) is 0 Å². The fraction of sp³-hybridized carbons (Fsp3) is 0.455. The first-order chi connectivity index (χ1) is 8.21. The van der Waals surface area contributed by atoms with Gasteiger partial charge in [-0.3, -0.25) is 0 Å². The number of rotatable bonds is 4. The third-order valence-electron chi connectivity index (χ3n) is 2.59. The average Bonchev–Trinajstić information content (AvgIpc) is 2.30. The lowest BCUT2D eigenvalue weighted by molar-refractivity contribution is 0.403. The fourth-order valence-electron chi connectivity index (χ4n) is 1.31. The van der Waals surface area contributed by atoms with Gasteiger partial charge in [0.15, 0.2) is 11.6 Å². The number of halogens is 3. The summed E-state index contributed by atoms with van der Waals surface area (Å²) < 4.78 is 52.1. The highest BCUT2D eigenvalue weighted by molar-refractivity contribution is 7.89. The van der Waals surface area contributed by atoms with Gasteiger partial charge in [0.05, 0.1) is 0 Å². The van der Waals surface area contributed by atoms with Gasteiger partial charge in [-0.1, -0.05) is 0 Å². The predicted octanol–water partition coefficient (Wildman–Crippen LogP) is 2.73. The molecule has 0 unspecified atom stereocenters. The predicted molar refractivity (Wildman–Crippen MR) is 66.0 cm³/mol. The standard InChI is InChI=1S/C11H14ClF2NO2S/c1-7(2)15(3)18(16,17)10-5-8(6-12)4-9(13)11(10)14/h4-5,7H,6H2,1-3H3. The Morgan fingerprint density at radius 1 is 1.33 bits per heavy atom. The van der Waals surface area contributed by atoms with E-state index in [1.165, 1.54) is 7.05 Å². The zero-order valence-corrected chi connectivity index (χ0v) is 11.8. The maximum atomic E-state index is 13.6. The molecule has 102 valence electrons. The highest BCUT2D eigenvalue weighted by Gasteiger charge is 2.28. The molecule has 0 N–H and O–H groups in total. The third kappa shape index (κ3) is 2.81. The van der Waals surface area contributed by atoms with Crippen LogP contribution in [0.15, 0.2) is 17.0 Å². The van der Waals surface area contributed by atoms with Crippen molar-refractivity contribution in [2.24, 2.45) is 0 Å². The lowest BCUT2D eigenvalue weighted by atomic mass is 10.2. The summed E-state index contributed by atoms with van der Waals surface area (Å²) in [5, 5.41) is 0. The van der Waals surface area contributed by atoms with Crippen molar-refractivity contribution in [3.8, 4) is 0 Å². The minimum atomic E-state index is -4.06. The molecule has 0 bridgehead atoms. The van der Waals surface area contributed by atoms with Crippen LogP contribution in [0.4, 0.5) is 8.78 Å². The van der Waals surface area contributed by atoms with Crippen molar-refractivity contribution in [3.05, 3.63) is 29.3 Å². The van der Waals surface area contributed by atoms with Gasteiger partial charge >= 0.3 is 0 Å². The molecule has 1 rings (SSSR count). The van der Waals surface area contributed by atoms with Crippen molar-refractivity contribution in [1.82, 2.24) is 4.31 Å². The number of sulfonamides is 1. The first kappa shape index (κ1) is 15.3. The van der Waals surface area contributed by atoms with E-state index in [0.29, 0.717) is 0 Å². The third-order valence-corrected chi connectivity index (χ3v) is 4.93. The molecule has 0 aliphatic rings. The van der Waals surface area contributed by atoms with Crippen molar-refractivity contribution < 1.29 is 17.2 Å². The maximum absolute atomic E-state index is 13.6. The molecule has 7 heteroatoms. The molecular weight excluding hydrogens is 284 g/mol. The Kier molecular flexibility index (Phi) is 4.69. The highest BCUT2D eigenvalue weighted by atomic mass is 35.5. The van der Waals surface area contributed by atoms with Crippen LogP contribution in [-0.4, -0.2) is 25.8 Å². The van der Waals surface area contributed by atoms with Gasteiger partial charge in [-0.2, -0.15) is 4.31 Å². The molecule has 0 saturated carbocycles. The van der Waals surface area contributed by atoms with Crippen LogP contribution < -0.4 is 0 Å². The van der Waals surface area contributed by atoms with Crippen LogP contribution in [0.3, 0.4) is 0 Å². The van der Waals surface area contributed by atoms with E-state index in [1.54, 1.807) is 13.8 Å². The van der Waals surface area contributed by atoms with Crippen molar-refractivity contribution >= 4 is 21.6 Å². The minimum Gasteiger partial charge on any atom is -0.207 e. The number of hydrogen-bond donors (Lipinski definition) is 0. The summed E-state index contributed by atoms with van der Waals surface area (Å²) in [6, 6.07) is 1.58. The van der Waals surface area contributed by atoms with Crippen molar-refractivity contribution in [1.29, 1.82) is 0 Å². The number of benzene rings is 1. The van der Waals surface area contributed by atoms with E-state index in [0.717, 1.165) is 16.4 Å². The van der Waals surface area contributed by atoms with Gasteiger partial charge in [0, 0.05) is 19.0 Å². The molecule has 0 spiro atoms. The summed E-state index contributed by atoms with van der Waals surface area (Å²) in [5.41, 5.74) is 0.214. The highest BCUT2D eigenvalue weighted by Crippen LogP contribution is 2.24. The summed E-state index contributed by atoms with van der Waals surface area (Å²) in [5.74, 6) is -2.69. The molecule has 18 heavy (non-hydrogen) atoms. The monoisotopic (exact) mass is 297 g/mol. The minimum absolute atomic E-state index is 0.0921. The number of nitrogens with zero attached hydrogens (tertiary/aromatic N) is 1. The van der Waals surface area contributed by atoms with Gasteiger partial charge in [0.1, 0.15) is 4.90 Å². The molecule has 0 atom stereocenters. The van der Waals surface area contributed by atoms with Crippen LogP contribution in [0.25, 0.3) is 0 Å². The zero-order chi connectivity index (χ0) is 14.1. The van der Waals surface area contributed by atoms with Gasteiger partial charge in [-0.15, -0.1) is 11.6 Å². The van der Waals surface area contributed by atoms with E-state index >= 15 is 0 Å². The van der Waals surface area contributed by atoms with Gasteiger partial charge in [0.25, 0.3) is 0 Å². The van der Waals surface area contributed by atoms with E-state index in [9.17, 15) is 17.2 Å². The molecule has 0 radical (unpaired) electrons. The smallest absolute Gasteiger partial charge is 0.207 e. The van der Waals surface area contributed by atoms with Gasteiger partial charge in [0.2, 0.25) is 10.0 Å². The molecular formula is C11H14ClF2NO2S. The second kappa shape index (κ2) is 5.50. The molecule has 0 fully saturated rings. The van der Waals surface area contributed by atoms with Crippen LogP contribution in [0, 0.1) is 11.6 Å². The maximum Gasteiger partial charge on any atom is 0.246 e. The molecule has 0 aliphatic heterocycles. The Bertz CT molecular complexity index is 546. The second-order valence-corrected chi connectivity index (χ2v) is 6.37. The molecule has 0 aromatic heterocycles. The zero-order valence-electron chi connectivity index (χ0n) is 10.2. The lowest BCUT2D eigenvalue weighted by Crippen LogP contribution is -2.33. The lowest BCUT2D eigenvalue weighted by Gasteiger charge is -2.21. The van der Waals surface area contributed by atoms with Crippen LogP contribution in [0.5, 0.6) is 0 Å². The first-order valence-corrected chi connectivity index (χ1v) is 7.21. The molecule has 0 aliphatic carbocycles. The Morgan fingerprint density at radius 2 is 1.89 bits per heavy atom. The topological polar surface area (TPSA) is 37.4 Å². The van der Waals surface area contributed by atoms with Crippen LogP contribution >= 0.6 is 11.6 Å². The second-order valence-electron chi connectivity index (χ2n) is 4.14. The van der Waals surface area contributed by atoms with Crippen LogP contribution in [0.2, 0.25) is 0 Å². The molecule has 1 aromatic carbocycles. The average molecular weight is 298 g/mol. The van der Waals surface area contributed by atoms with Gasteiger partial charge < -0.3 is 0 Å². The summed E-state index contributed by atoms with van der Waals surface area (Å²) >= 11 is 5.52. The van der Waals surface area contributed by atoms with Crippen molar-refractivity contribution in [2.75, 3.05) is 7.05 Å². The van der Waals surface area contributed by atoms with E-state index < -0.39 is 26.6 Å². The molecule has 0 amide bonds. The van der Waals surface area contributed by atoms with E-state index in [-0.39, 0.29) is 17.5 Å². The normalized spacial score (nSPS) is 12.4. The van der Waals surface area contributed by atoms with Gasteiger partial charge in [-0.05, 0) is 31.5 Å². The molecule has 0 saturated heterocycles. The quantitative estimate of drug-likeness (QED) is 0.801. The van der Waals surface area contributed by atoms with E-state index in [1.807, 2.05) is 0 Å². The first-order valence-electron chi connectivity index (χ1n) is 5.23. The largest absolute Gasteiger partial charge is 0.246 e. The van der Waals surface area contributed by atoms with Crippen LogP contribution in [0.1, 0.15) is 19.4 Å². The van der Waals surface area contributed by atoms with Crippen molar-refractivity contribution in [2.45, 2.75) is 30.7 Å². The summed E-state index contributed by atoms with van der Waals surface area (Å²) in [7, 11) is -2.75. The van der Waals surface area contributed by atoms with E-state index in [4.69, 9.17) is 11.6 Å². The Morgan fingerprint density at radius 3 is 2.33 bits per heavy atom. The number of alkyl halides is 1.